The fourth-order valence-electron chi connectivity index (χ4n) is 0.303. The lowest BCUT2D eigenvalue weighted by Crippen LogP contribution is -2.17. The van der Waals surface area contributed by atoms with Crippen LogP contribution in [0.4, 0.5) is 0 Å². The Kier molecular flexibility index (Phi) is 6.12. The van der Waals surface area contributed by atoms with Crippen LogP contribution in [0.15, 0.2) is 0 Å². The van der Waals surface area contributed by atoms with Gasteiger partial charge in [-0.2, -0.15) is 0 Å². The van der Waals surface area contributed by atoms with Crippen LogP contribution in [0.5, 0.6) is 0 Å². The van der Waals surface area contributed by atoms with Crippen LogP contribution in [0.1, 0.15) is 6.92 Å². The molecule has 0 saturated carbocycles. The van der Waals surface area contributed by atoms with E-state index < -0.39 is 4.84 Å². The molecule has 0 rings (SSSR count). The summed E-state index contributed by atoms with van der Waals surface area (Å²) in [7, 11) is 0. The van der Waals surface area contributed by atoms with Gasteiger partial charge >= 0.3 is 0 Å². The standard InChI is InChI=1S/C5H9Cl3O/c1-4(5(7)8)9-3-2-6/h4-5H,2-3H2,1H3. The second kappa shape index (κ2) is 5.60. The maximum atomic E-state index is 5.46. The Bertz CT molecular complexity index is 67.2. The van der Waals surface area contributed by atoms with Gasteiger partial charge in [-0.05, 0) is 6.92 Å². The summed E-state index contributed by atoms with van der Waals surface area (Å²) in [4.78, 5) is -0.465. The molecule has 1 unspecified atom stereocenters. The molecule has 0 N–H and O–H groups in total. The summed E-state index contributed by atoms with van der Waals surface area (Å²) in [5.74, 6) is 0.477. The Hall–Kier alpha value is 0.830. The summed E-state index contributed by atoms with van der Waals surface area (Å²) in [6.45, 7) is 2.30. The molecule has 4 heteroatoms. The molecule has 0 saturated heterocycles. The van der Waals surface area contributed by atoms with Crippen molar-refractivity contribution < 1.29 is 4.74 Å². The molecule has 0 aliphatic rings. The first-order valence-electron chi connectivity index (χ1n) is 2.64. The highest BCUT2D eigenvalue weighted by atomic mass is 35.5. The van der Waals surface area contributed by atoms with Crippen molar-refractivity contribution in [2.24, 2.45) is 0 Å². The molecule has 0 fully saturated rings. The largest absolute Gasteiger partial charge is 0.374 e. The predicted octanol–water partition coefficient (Wildman–Crippen LogP) is 2.43. The summed E-state index contributed by atoms with van der Waals surface area (Å²) in [5.41, 5.74) is 0. The molecule has 0 aliphatic heterocycles. The van der Waals surface area contributed by atoms with Gasteiger partial charge in [0.15, 0.2) is 0 Å². The molecule has 0 aromatic carbocycles. The van der Waals surface area contributed by atoms with Gasteiger partial charge in [0, 0.05) is 5.88 Å². The molecule has 0 radical (unpaired) electrons. The zero-order valence-corrected chi connectivity index (χ0v) is 7.38. The minimum Gasteiger partial charge on any atom is -0.374 e. The van der Waals surface area contributed by atoms with Crippen LogP contribution in [0.25, 0.3) is 0 Å². The molecule has 1 nitrogen and oxygen atoms in total. The monoisotopic (exact) mass is 190 g/mol. The quantitative estimate of drug-likeness (QED) is 0.620. The van der Waals surface area contributed by atoms with Crippen molar-refractivity contribution in [2.75, 3.05) is 12.5 Å². The molecule has 0 aliphatic carbocycles. The maximum Gasteiger partial charge on any atom is 0.133 e. The molecule has 0 bridgehead atoms. The highest BCUT2D eigenvalue weighted by Crippen LogP contribution is 2.10. The number of alkyl halides is 3. The van der Waals surface area contributed by atoms with Crippen LogP contribution >= 0.6 is 34.8 Å². The number of rotatable bonds is 4. The van der Waals surface area contributed by atoms with Gasteiger partial charge in [0.25, 0.3) is 0 Å². The van der Waals surface area contributed by atoms with Gasteiger partial charge in [0.1, 0.15) is 4.84 Å². The van der Waals surface area contributed by atoms with Crippen LogP contribution < -0.4 is 0 Å². The van der Waals surface area contributed by atoms with Crippen LogP contribution in [0.3, 0.4) is 0 Å². The number of halogens is 3. The van der Waals surface area contributed by atoms with E-state index in [2.05, 4.69) is 0 Å². The van der Waals surface area contributed by atoms with E-state index in [-0.39, 0.29) is 6.10 Å². The summed E-state index contributed by atoms with van der Waals surface area (Å²) < 4.78 is 5.06. The van der Waals surface area contributed by atoms with Crippen LogP contribution in [0, 0.1) is 0 Å². The molecule has 0 spiro atoms. The van der Waals surface area contributed by atoms with Gasteiger partial charge in [0.2, 0.25) is 0 Å². The van der Waals surface area contributed by atoms with Crippen LogP contribution in [-0.2, 0) is 4.74 Å². The Balaban J connectivity index is 3.16. The first kappa shape index (κ1) is 9.83. The highest BCUT2D eigenvalue weighted by molar-refractivity contribution is 6.44. The van der Waals surface area contributed by atoms with Gasteiger partial charge in [-0.25, -0.2) is 0 Å². The van der Waals surface area contributed by atoms with Crippen molar-refractivity contribution in [3.63, 3.8) is 0 Å². The Labute approximate surface area is 70.2 Å². The van der Waals surface area contributed by atoms with Gasteiger partial charge in [-0.3, -0.25) is 0 Å². The van der Waals surface area contributed by atoms with E-state index in [4.69, 9.17) is 39.5 Å². The van der Waals surface area contributed by atoms with E-state index in [1.165, 1.54) is 0 Å². The normalized spacial score (nSPS) is 14.3. The molecule has 0 heterocycles. The number of hydrogen-bond acceptors (Lipinski definition) is 1. The van der Waals surface area contributed by atoms with Crippen molar-refractivity contribution in [3.05, 3.63) is 0 Å². The topological polar surface area (TPSA) is 9.23 Å². The second-order valence-electron chi connectivity index (χ2n) is 1.60. The fraction of sp³-hybridized carbons (Fsp3) is 1.00. The molecule has 1 atom stereocenters. The number of hydrogen-bond donors (Lipinski definition) is 0. The lowest BCUT2D eigenvalue weighted by atomic mass is 10.5. The number of ether oxygens (including phenoxy) is 1. The molecular formula is C5H9Cl3O. The second-order valence-corrected chi connectivity index (χ2v) is 3.14. The smallest absolute Gasteiger partial charge is 0.133 e. The van der Waals surface area contributed by atoms with Crippen LogP contribution in [-0.4, -0.2) is 23.4 Å². The molecule has 9 heavy (non-hydrogen) atoms. The van der Waals surface area contributed by atoms with Crippen molar-refractivity contribution in [1.82, 2.24) is 0 Å². The van der Waals surface area contributed by atoms with Crippen molar-refractivity contribution >= 4 is 34.8 Å². The molecule has 0 aromatic heterocycles. The summed E-state index contributed by atoms with van der Waals surface area (Å²) in [6, 6.07) is 0. The molecular weight excluding hydrogens is 182 g/mol. The average Bonchev–Trinajstić information content (AvgIpc) is 1.82. The van der Waals surface area contributed by atoms with E-state index in [0.717, 1.165) is 0 Å². The summed E-state index contributed by atoms with van der Waals surface area (Å²) >= 11 is 16.3. The van der Waals surface area contributed by atoms with Gasteiger partial charge < -0.3 is 4.74 Å². The molecule has 56 valence electrons. The van der Waals surface area contributed by atoms with E-state index in [0.29, 0.717) is 12.5 Å². The lowest BCUT2D eigenvalue weighted by Gasteiger charge is -2.11. The minimum atomic E-state index is -0.465. The van der Waals surface area contributed by atoms with Crippen molar-refractivity contribution in [1.29, 1.82) is 0 Å². The zero-order valence-electron chi connectivity index (χ0n) is 5.11. The third-order valence-corrected chi connectivity index (χ3v) is 1.68. The minimum absolute atomic E-state index is 0.132. The van der Waals surface area contributed by atoms with E-state index in [9.17, 15) is 0 Å². The fourth-order valence-corrected chi connectivity index (χ4v) is 0.538. The zero-order chi connectivity index (χ0) is 7.28. The molecule has 0 aromatic rings. The van der Waals surface area contributed by atoms with Crippen LogP contribution in [0.2, 0.25) is 0 Å². The lowest BCUT2D eigenvalue weighted by molar-refractivity contribution is 0.0874. The summed E-state index contributed by atoms with van der Waals surface area (Å²) in [5, 5.41) is 0. The average molecular weight is 191 g/mol. The molecule has 0 amide bonds. The van der Waals surface area contributed by atoms with E-state index in [1.54, 1.807) is 6.92 Å². The predicted molar refractivity (Wildman–Crippen MR) is 41.6 cm³/mol. The first-order valence-corrected chi connectivity index (χ1v) is 4.05. The first-order chi connectivity index (χ1) is 4.18. The van der Waals surface area contributed by atoms with Gasteiger partial charge in [-0.1, -0.05) is 0 Å². The maximum absolute atomic E-state index is 5.46. The van der Waals surface area contributed by atoms with Crippen molar-refractivity contribution in [2.45, 2.75) is 17.9 Å². The Morgan fingerprint density at radius 3 is 2.33 bits per heavy atom. The van der Waals surface area contributed by atoms with Crippen molar-refractivity contribution in [3.8, 4) is 0 Å². The highest BCUT2D eigenvalue weighted by Gasteiger charge is 2.09. The SMILES string of the molecule is CC(OCCCl)C(Cl)Cl. The third-order valence-electron chi connectivity index (χ3n) is 0.813. The van der Waals surface area contributed by atoms with Gasteiger partial charge in [-0.15, -0.1) is 34.8 Å². The summed E-state index contributed by atoms with van der Waals surface area (Å²) in [6.07, 6.45) is -0.132. The van der Waals surface area contributed by atoms with E-state index >= 15 is 0 Å². The Morgan fingerprint density at radius 2 is 2.00 bits per heavy atom. The third kappa shape index (κ3) is 5.28. The van der Waals surface area contributed by atoms with Gasteiger partial charge in [0.05, 0.1) is 12.7 Å². The van der Waals surface area contributed by atoms with E-state index in [1.807, 2.05) is 0 Å². The Morgan fingerprint density at radius 1 is 1.44 bits per heavy atom.